The number of carbonyl (C=O) groups excluding carboxylic acids is 6. The summed E-state index contributed by atoms with van der Waals surface area (Å²) in [5.41, 5.74) is 13.5. The van der Waals surface area contributed by atoms with Crippen LogP contribution in [0.1, 0.15) is 168 Å². The van der Waals surface area contributed by atoms with Crippen molar-refractivity contribution in [1.82, 2.24) is 36.5 Å². The van der Waals surface area contributed by atoms with E-state index in [0.717, 1.165) is 0 Å². The Bertz CT molecular complexity index is 6570. The van der Waals surface area contributed by atoms with Crippen LogP contribution in [0.15, 0.2) is 134 Å². The molecule has 6 aromatic rings. The van der Waals surface area contributed by atoms with Gasteiger partial charge in [-0.25, -0.2) is 32.6 Å². The molecule has 12 unspecified atom stereocenters. The molecule has 4 aromatic carbocycles. The fourth-order valence-corrected chi connectivity index (χ4v) is 22.0. The number of fused-ring (bicyclic) bond motifs is 3. The maximum Gasteiger partial charge on any atom is 0.490 e. The van der Waals surface area contributed by atoms with Crippen molar-refractivity contribution in [1.29, 1.82) is 0 Å². The molecule has 12 atom stereocenters. The topological polar surface area (TPSA) is 809 Å². The SMILES string of the molecule is C1CCC2=[N+](CC1)CCCN2.C=C1N=C(N)C(/C=C/CNC(=O)OC(C)c2cc(CNC(=O)CCCCCNCc3ccc([N+](=O)[O-])c(C(C)OC(=O)C(Cl)(Cl)Cl)c3)ccc2[N+](=O)[O-])=CN1C1CCC(COP(=O)(O)OP(=O)(O)OP(=O)(O)O)O1.Nc1cc2c(c(=O)[nH]1)C(C#CCNC(=O)CCCCC(=O)Nc1ccc3oc4c(CC(=O)[O-])cccc4c(=O)c3c1)CN2C1CC(O)C(COP(=O)([O-])OP(=O)([O-])OP(=O)([O-])[O-])O1. The smallest absolute Gasteiger partial charge is 0.490 e. The molecule has 2 fully saturated rings. The Morgan fingerprint density at radius 3 is 2.07 bits per heavy atom. The number of nitro groups is 2. The third-order valence-corrected chi connectivity index (χ3v) is 30.5. The second-order valence-electron chi connectivity index (χ2n) is 33.7. The number of anilines is 3. The number of aliphatic hydroxyl groups is 1. The van der Waals surface area contributed by atoms with Gasteiger partial charge in [0.15, 0.2) is 0 Å². The maximum atomic E-state index is 13.2. The molecule has 0 aliphatic carbocycles. The van der Waals surface area contributed by atoms with Gasteiger partial charge in [0.2, 0.25) is 29.0 Å². The van der Waals surface area contributed by atoms with Gasteiger partial charge in [0, 0.05) is 118 Å². The number of carboxylic acids is 1. The summed E-state index contributed by atoms with van der Waals surface area (Å²) in [6.45, 7) is 9.53. The molecule has 808 valence electrons. The predicted octanol–water partition coefficient (Wildman–Crippen LogP) is 5.65. The number of benzene rings is 4. The Labute approximate surface area is 856 Å². The molecule has 148 heavy (non-hydrogen) atoms. The molecule has 2 aromatic heterocycles. The molecule has 6 aliphatic heterocycles. The summed E-state index contributed by atoms with van der Waals surface area (Å²) < 4.78 is 120. The van der Waals surface area contributed by atoms with E-state index in [1.807, 2.05) is 0 Å². The number of aliphatic carboxylic acids is 1. The molecule has 0 spiro atoms. The van der Waals surface area contributed by atoms with Crippen molar-refractivity contribution < 1.29 is 170 Å². The van der Waals surface area contributed by atoms with Crippen LogP contribution >= 0.6 is 81.7 Å². The number of nitrogens with two attached hydrogens (primary N) is 2. The van der Waals surface area contributed by atoms with Crippen molar-refractivity contribution in [2.75, 3.05) is 75.0 Å². The number of ether oxygens (including phenoxy) is 4. The second-order valence-corrected chi connectivity index (χ2v) is 44.6. The van der Waals surface area contributed by atoms with Crippen molar-refractivity contribution in [2.45, 2.75) is 189 Å². The fourth-order valence-electron chi connectivity index (χ4n) is 15.9. The lowest BCUT2D eigenvalue weighted by Gasteiger charge is -2.37. The molecule has 8 heterocycles. The molecular weight excluding hydrogens is 2150 g/mol. The number of para-hydroxylation sites is 1. The van der Waals surface area contributed by atoms with Crippen LogP contribution in [0, 0.1) is 32.1 Å². The first kappa shape index (κ1) is 119. The Balaban J connectivity index is 0.000000275. The average molecular weight is 2250 g/mol. The van der Waals surface area contributed by atoms with Gasteiger partial charge < -0.3 is 139 Å². The van der Waals surface area contributed by atoms with E-state index in [4.69, 9.17) is 79.4 Å². The number of rotatable bonds is 44. The zero-order valence-corrected chi connectivity index (χ0v) is 86.3. The van der Waals surface area contributed by atoms with Crippen LogP contribution < -0.4 is 83.9 Å². The van der Waals surface area contributed by atoms with Crippen LogP contribution in [0.3, 0.4) is 0 Å². The summed E-state index contributed by atoms with van der Waals surface area (Å²) in [7, 11) is -34.9. The van der Waals surface area contributed by atoms with Crippen molar-refractivity contribution in [2.24, 2.45) is 10.7 Å². The van der Waals surface area contributed by atoms with E-state index in [9.17, 15) is 126 Å². The minimum atomic E-state index is -6.21. The van der Waals surface area contributed by atoms with Gasteiger partial charge >= 0.3 is 35.5 Å². The number of pyridine rings is 1. The van der Waals surface area contributed by atoms with Crippen LogP contribution in [0.4, 0.5) is 33.4 Å². The van der Waals surface area contributed by atoms with Crippen LogP contribution in [0.2, 0.25) is 0 Å². The lowest BCUT2D eigenvalue weighted by molar-refractivity contribution is -0.534. The Morgan fingerprint density at radius 1 is 0.736 bits per heavy atom. The highest BCUT2D eigenvalue weighted by Gasteiger charge is 2.46. The van der Waals surface area contributed by atoms with E-state index < -0.39 is 158 Å². The number of aliphatic imine (C=N–C) groups is 1. The molecule has 0 saturated carbocycles. The zero-order chi connectivity index (χ0) is 109. The van der Waals surface area contributed by atoms with Crippen molar-refractivity contribution in [3.63, 3.8) is 0 Å². The van der Waals surface area contributed by atoms with Crippen LogP contribution in [0.25, 0.3) is 21.9 Å². The summed E-state index contributed by atoms with van der Waals surface area (Å²) in [5, 5.41) is 62.9. The summed E-state index contributed by atoms with van der Waals surface area (Å²) in [6.07, 6.45) is 5.59. The molecule has 4 amide bonds. The minimum absolute atomic E-state index is 0.0111. The molecule has 63 heteroatoms. The number of nitrogens with zero attached hydrogens (tertiary/aromatic N) is 6. The first-order valence-electron chi connectivity index (χ1n) is 45.3. The van der Waals surface area contributed by atoms with Crippen LogP contribution in [-0.2, 0) is 116 Å². The number of aromatic amines is 1. The van der Waals surface area contributed by atoms with E-state index in [1.165, 1.54) is 172 Å². The lowest BCUT2D eigenvalue weighted by atomic mass is 10.0. The predicted molar refractivity (Wildman–Crippen MR) is 518 cm³/mol. The van der Waals surface area contributed by atoms with Gasteiger partial charge in [0.25, 0.3) is 36.4 Å². The number of carbonyl (C=O) groups is 6. The lowest BCUT2D eigenvalue weighted by Crippen LogP contribution is -2.40. The number of nitrogens with one attached hydrogen (secondary N) is 7. The highest BCUT2D eigenvalue weighted by Crippen LogP contribution is 2.67. The molecule has 54 nitrogen and oxygen atoms in total. The molecule has 2 saturated heterocycles. The second kappa shape index (κ2) is 53.4. The van der Waals surface area contributed by atoms with Gasteiger partial charge in [-0.15, -0.1) is 0 Å². The molecule has 0 bridgehead atoms. The summed E-state index contributed by atoms with van der Waals surface area (Å²) in [5.74, 6) is 3.14. The zero-order valence-electron chi connectivity index (χ0n) is 78.6. The van der Waals surface area contributed by atoms with Crippen molar-refractivity contribution >= 4 is 180 Å². The number of hydrogen-bond acceptors (Lipinski definition) is 42. The molecule has 0 radical (unpaired) electrons. The van der Waals surface area contributed by atoms with Gasteiger partial charge in [-0.05, 0) is 126 Å². The first-order chi connectivity index (χ1) is 69.5. The van der Waals surface area contributed by atoms with Crippen LogP contribution in [-0.4, -0.2) is 190 Å². The Morgan fingerprint density at radius 2 is 1.40 bits per heavy atom. The minimum Gasteiger partial charge on any atom is -0.790 e. The summed E-state index contributed by atoms with van der Waals surface area (Å²) in [6, 6.07) is 19.0. The molecule has 12 rings (SSSR count). The highest BCUT2D eigenvalue weighted by molar-refractivity contribution is 7.66. The highest BCUT2D eigenvalue weighted by atomic mass is 35.6. The van der Waals surface area contributed by atoms with Gasteiger partial charge in [-0.2, -0.15) is 8.62 Å². The maximum absolute atomic E-state index is 13.2. The number of aliphatic hydroxyl groups excluding tert-OH is 1. The number of alkyl halides is 3. The standard InChI is InChI=1S/C40H52Cl3N8O20P3.C36H40N5O19P3.C9H16N2/c1-24(67-38(53)40(41,42)43)31-18-27(10-13-33(31)50(55)56)20-45-16-6-4-5-9-35(52)47-21-28-11-14-34(51(57)58)32(19-28)25(2)68-39(54)46-17-7-8-29-22-49(26(3)48-37(29)44)36-15-12-30(69-36)23-66-73(62,63)71-74(64,65)70-72(59,60)61;37-28-15-24-33(36(48)40-28)20(17-41(24)31-16-25(42)27(57-31)18-56-62(52,53)60-63(54,55)59-61(49,50)51)6-4-12-38-29(43)8-1-2-9-30(44)39-21-10-11-26-23(14-21)34(47)22-7-3-5-19(13-32(45)46)35(22)58-26;1-2-5-9-10-6-4-8-11(9)7-3-1/h7-8,10-11,13-14,18-19,22,24-25,30,36,45H,3-6,9,12,15-17,20-21,23H2,1-2H3,(H2,44,48)(H,46,54)(H,47,52)(H,62,63)(H,64,65)(H2,59,60,61);3,5,7,10-11,14-15,20,25,27,31,42H,1-2,8-9,12-13,16-18H2,(H,38,43)(H,39,44)(H,45,46)(H,52,53)(H,54,55)(H3,37,40,48)(H2,49,50,51);1-8H2/p-4/b8-7+;;. The summed E-state index contributed by atoms with van der Waals surface area (Å²) in [4.78, 5) is 213. The molecule has 16 N–H and O–H groups in total. The number of hydrogen-bond donors (Lipinski definition) is 14. The number of amidine groups is 2. The number of esters is 1. The monoisotopic (exact) mass is 2250 g/mol. The van der Waals surface area contributed by atoms with E-state index in [1.54, 1.807) is 6.07 Å². The number of unbranched alkanes of at least 4 members (excludes halogenated alkanes) is 3. The van der Waals surface area contributed by atoms with E-state index in [2.05, 4.69) is 91.2 Å². The van der Waals surface area contributed by atoms with Gasteiger partial charge in [0.05, 0.1) is 108 Å². The van der Waals surface area contributed by atoms with Gasteiger partial charge in [-0.1, -0.05) is 96.1 Å². The number of alkyl carbamates (subject to hydrolysis) is 1. The first-order valence-corrected chi connectivity index (χ1v) is 55.3. The largest absolute Gasteiger partial charge is 0.790 e. The quantitative estimate of drug-likeness (QED) is 0.00253. The van der Waals surface area contributed by atoms with E-state index in [-0.39, 0.29) is 155 Å². The number of carboxylic acid groups (broad SMARTS) is 1. The third kappa shape index (κ3) is 37.2. The number of halogens is 3. The van der Waals surface area contributed by atoms with E-state index >= 15 is 0 Å². The number of phosphoric acid groups is 6. The third-order valence-electron chi connectivity index (χ3n) is 22.6. The van der Waals surface area contributed by atoms with Crippen molar-refractivity contribution in [3.8, 4) is 11.8 Å². The summed E-state index contributed by atoms with van der Waals surface area (Å²) >= 11 is 16.7. The van der Waals surface area contributed by atoms with Gasteiger partial charge in [0.1, 0.15) is 59.4 Å². The molecule has 6 aliphatic rings. The molecular formula is C85H104Cl3N15O39P6-4. The van der Waals surface area contributed by atoms with E-state index in [0.29, 0.717) is 74.0 Å². The number of aromatic nitrogens is 1. The van der Waals surface area contributed by atoms with Crippen LogP contribution in [0.5, 0.6) is 0 Å². The van der Waals surface area contributed by atoms with Gasteiger partial charge in [-0.3, -0.25) is 72.1 Å². The Hall–Kier alpha value is -10.6. The normalized spacial score (nSPS) is 19.9. The number of nitrogen functional groups attached to an aromatic ring is 1. The van der Waals surface area contributed by atoms with Crippen molar-refractivity contribution in [3.05, 3.63) is 189 Å². The number of nitro benzene ring substituents is 2. The number of amides is 4. The number of phosphoric ester groups is 2. The number of H-pyrrole nitrogens is 1. The Kier molecular flexibility index (Phi) is 43.0. The fraction of sp³-hybridized carbons (Fsp3) is 0.459. The average Bonchev–Trinajstić information content (AvgIpc) is 1.56.